The molecular weight excluding hydrogens is 232 g/mol. The monoisotopic (exact) mass is 252 g/mol. The molecule has 0 radical (unpaired) electrons. The fraction of sp³-hybridized carbons (Fsp3) is 0.667. The first-order chi connectivity index (χ1) is 8.66. The lowest BCUT2D eigenvalue weighted by atomic mass is 10.1. The molecule has 1 aliphatic heterocycles. The molecule has 1 aromatic heterocycles. The Morgan fingerprint density at radius 3 is 3.22 bits per heavy atom. The molecule has 0 unspecified atom stereocenters. The standard InChI is InChI=1S/C12H20N4O2/c1-9-11(13-5-6-18-9)12(17)14-4-3-10-7-15-16(2)8-10/h7-9,11,13H,3-6H2,1-2H3,(H,14,17)/t9-,11+/m1/s1. The van der Waals surface area contributed by atoms with Crippen molar-refractivity contribution in [3.8, 4) is 0 Å². The molecule has 2 N–H and O–H groups in total. The molecule has 1 fully saturated rings. The zero-order chi connectivity index (χ0) is 13.0. The lowest BCUT2D eigenvalue weighted by Gasteiger charge is -2.29. The SMILES string of the molecule is C[C@H]1OCCN[C@@H]1C(=O)NCCc1cnn(C)c1. The first-order valence-electron chi connectivity index (χ1n) is 6.27. The van der Waals surface area contributed by atoms with Gasteiger partial charge in [0, 0.05) is 26.3 Å². The highest BCUT2D eigenvalue weighted by atomic mass is 16.5. The van der Waals surface area contributed by atoms with E-state index in [1.54, 1.807) is 4.68 Å². The van der Waals surface area contributed by atoms with Crippen molar-refractivity contribution in [3.63, 3.8) is 0 Å². The fourth-order valence-corrected chi connectivity index (χ4v) is 2.07. The number of aromatic nitrogens is 2. The minimum absolute atomic E-state index is 0.00564. The Hall–Kier alpha value is -1.40. The molecule has 0 aromatic carbocycles. The molecule has 0 saturated carbocycles. The summed E-state index contributed by atoms with van der Waals surface area (Å²) in [6.45, 7) is 3.93. The van der Waals surface area contributed by atoms with Crippen LogP contribution >= 0.6 is 0 Å². The molecular formula is C12H20N4O2. The smallest absolute Gasteiger partial charge is 0.239 e. The summed E-state index contributed by atoms with van der Waals surface area (Å²) in [5.74, 6) is 0.00564. The quantitative estimate of drug-likeness (QED) is 0.755. The van der Waals surface area contributed by atoms with Gasteiger partial charge in [-0.25, -0.2) is 0 Å². The van der Waals surface area contributed by atoms with Crippen LogP contribution in [0.2, 0.25) is 0 Å². The van der Waals surface area contributed by atoms with Crippen LogP contribution in [-0.4, -0.2) is 47.5 Å². The second kappa shape index (κ2) is 5.97. The summed E-state index contributed by atoms with van der Waals surface area (Å²) in [5.41, 5.74) is 1.12. The maximum absolute atomic E-state index is 11.9. The van der Waals surface area contributed by atoms with Gasteiger partial charge in [-0.2, -0.15) is 5.10 Å². The van der Waals surface area contributed by atoms with Crippen LogP contribution in [0.3, 0.4) is 0 Å². The molecule has 0 bridgehead atoms. The molecule has 2 atom stereocenters. The maximum atomic E-state index is 11.9. The number of rotatable bonds is 4. The minimum Gasteiger partial charge on any atom is -0.375 e. The first kappa shape index (κ1) is 13.0. The molecule has 18 heavy (non-hydrogen) atoms. The van der Waals surface area contributed by atoms with Gasteiger partial charge in [0.1, 0.15) is 6.04 Å². The Morgan fingerprint density at radius 2 is 2.56 bits per heavy atom. The molecule has 6 heteroatoms. The Morgan fingerprint density at radius 1 is 1.72 bits per heavy atom. The van der Waals surface area contributed by atoms with Crippen LogP contribution < -0.4 is 10.6 Å². The number of hydrogen-bond acceptors (Lipinski definition) is 4. The summed E-state index contributed by atoms with van der Waals surface area (Å²) < 4.78 is 7.20. The molecule has 1 aliphatic rings. The normalized spacial score (nSPS) is 23.9. The van der Waals surface area contributed by atoms with Crippen LogP contribution in [0.15, 0.2) is 12.4 Å². The lowest BCUT2D eigenvalue weighted by molar-refractivity contribution is -0.128. The van der Waals surface area contributed by atoms with Crippen molar-refractivity contribution in [2.45, 2.75) is 25.5 Å². The van der Waals surface area contributed by atoms with E-state index in [2.05, 4.69) is 15.7 Å². The number of aryl methyl sites for hydroxylation is 1. The van der Waals surface area contributed by atoms with E-state index in [9.17, 15) is 4.79 Å². The van der Waals surface area contributed by atoms with Gasteiger partial charge in [0.05, 0.1) is 18.9 Å². The number of amides is 1. The molecule has 1 aromatic rings. The predicted octanol–water partition coefficient (Wildman–Crippen LogP) is -0.544. The number of carbonyl (C=O) groups excluding carboxylic acids is 1. The Labute approximate surface area is 107 Å². The maximum Gasteiger partial charge on any atom is 0.239 e. The van der Waals surface area contributed by atoms with E-state index < -0.39 is 0 Å². The van der Waals surface area contributed by atoms with Crippen LogP contribution in [-0.2, 0) is 23.0 Å². The van der Waals surface area contributed by atoms with Crippen molar-refractivity contribution in [2.75, 3.05) is 19.7 Å². The zero-order valence-electron chi connectivity index (χ0n) is 10.8. The number of morpholine rings is 1. The molecule has 1 amide bonds. The molecule has 2 heterocycles. The van der Waals surface area contributed by atoms with Gasteiger partial charge in [-0.1, -0.05) is 0 Å². The highest BCUT2D eigenvalue weighted by molar-refractivity contribution is 5.82. The van der Waals surface area contributed by atoms with Crippen molar-refractivity contribution in [1.29, 1.82) is 0 Å². The molecule has 2 rings (SSSR count). The first-order valence-corrected chi connectivity index (χ1v) is 6.27. The number of carbonyl (C=O) groups is 1. The third kappa shape index (κ3) is 3.30. The second-order valence-electron chi connectivity index (χ2n) is 4.57. The third-order valence-corrected chi connectivity index (χ3v) is 3.07. The van der Waals surface area contributed by atoms with E-state index >= 15 is 0 Å². The van der Waals surface area contributed by atoms with Crippen molar-refractivity contribution in [3.05, 3.63) is 18.0 Å². The van der Waals surface area contributed by atoms with Gasteiger partial charge in [-0.05, 0) is 18.9 Å². The molecule has 0 spiro atoms. The van der Waals surface area contributed by atoms with Crippen LogP contribution in [0.1, 0.15) is 12.5 Å². The van der Waals surface area contributed by atoms with Gasteiger partial charge in [0.15, 0.2) is 0 Å². The highest BCUT2D eigenvalue weighted by Crippen LogP contribution is 2.04. The van der Waals surface area contributed by atoms with Gasteiger partial charge in [-0.3, -0.25) is 9.48 Å². The summed E-state index contributed by atoms with van der Waals surface area (Å²) in [7, 11) is 1.88. The Balaban J connectivity index is 1.74. The summed E-state index contributed by atoms with van der Waals surface area (Å²) in [6, 6.07) is -0.243. The van der Waals surface area contributed by atoms with Crippen molar-refractivity contribution in [2.24, 2.45) is 7.05 Å². The average Bonchev–Trinajstić information content (AvgIpc) is 2.75. The predicted molar refractivity (Wildman–Crippen MR) is 67.1 cm³/mol. The summed E-state index contributed by atoms with van der Waals surface area (Å²) >= 11 is 0. The fourth-order valence-electron chi connectivity index (χ4n) is 2.07. The molecule has 0 aliphatic carbocycles. The van der Waals surface area contributed by atoms with Crippen molar-refractivity contribution < 1.29 is 9.53 Å². The van der Waals surface area contributed by atoms with E-state index in [0.29, 0.717) is 13.2 Å². The Kier molecular flexibility index (Phi) is 4.33. The van der Waals surface area contributed by atoms with Crippen LogP contribution in [0, 0.1) is 0 Å². The van der Waals surface area contributed by atoms with E-state index in [0.717, 1.165) is 18.5 Å². The third-order valence-electron chi connectivity index (χ3n) is 3.07. The summed E-state index contributed by atoms with van der Waals surface area (Å²) in [6.07, 6.45) is 4.49. The minimum atomic E-state index is -0.243. The van der Waals surface area contributed by atoms with Crippen molar-refractivity contribution >= 4 is 5.91 Å². The van der Waals surface area contributed by atoms with E-state index in [1.165, 1.54) is 0 Å². The highest BCUT2D eigenvalue weighted by Gasteiger charge is 2.27. The van der Waals surface area contributed by atoms with Crippen molar-refractivity contribution in [1.82, 2.24) is 20.4 Å². The van der Waals surface area contributed by atoms with Crippen LogP contribution in [0.5, 0.6) is 0 Å². The van der Waals surface area contributed by atoms with E-state index in [-0.39, 0.29) is 18.1 Å². The summed E-state index contributed by atoms with van der Waals surface area (Å²) in [5, 5.41) is 10.2. The van der Waals surface area contributed by atoms with E-state index in [4.69, 9.17) is 4.74 Å². The largest absolute Gasteiger partial charge is 0.375 e. The van der Waals surface area contributed by atoms with Crippen LogP contribution in [0.25, 0.3) is 0 Å². The molecule has 6 nitrogen and oxygen atoms in total. The number of hydrogen-bond donors (Lipinski definition) is 2. The van der Waals surface area contributed by atoms with Gasteiger partial charge >= 0.3 is 0 Å². The van der Waals surface area contributed by atoms with Gasteiger partial charge in [0.25, 0.3) is 0 Å². The van der Waals surface area contributed by atoms with Gasteiger partial charge < -0.3 is 15.4 Å². The second-order valence-corrected chi connectivity index (χ2v) is 4.57. The van der Waals surface area contributed by atoms with E-state index in [1.807, 2.05) is 26.4 Å². The molecule has 100 valence electrons. The van der Waals surface area contributed by atoms with Gasteiger partial charge in [-0.15, -0.1) is 0 Å². The average molecular weight is 252 g/mol. The molecule has 1 saturated heterocycles. The number of ether oxygens (including phenoxy) is 1. The zero-order valence-corrected chi connectivity index (χ0v) is 10.8. The lowest BCUT2D eigenvalue weighted by Crippen LogP contribution is -2.55. The van der Waals surface area contributed by atoms with Crippen LogP contribution in [0.4, 0.5) is 0 Å². The summed E-state index contributed by atoms with van der Waals surface area (Å²) in [4.78, 5) is 11.9. The van der Waals surface area contributed by atoms with Gasteiger partial charge in [0.2, 0.25) is 5.91 Å². The number of nitrogens with zero attached hydrogens (tertiary/aromatic N) is 2. The number of nitrogens with one attached hydrogen (secondary N) is 2. The Bertz CT molecular complexity index is 405. The topological polar surface area (TPSA) is 68.2 Å².